The Labute approximate surface area is 147 Å². The van der Waals surface area contributed by atoms with Crippen LogP contribution >= 0.6 is 0 Å². The van der Waals surface area contributed by atoms with Crippen molar-refractivity contribution < 1.29 is 18.7 Å². The Morgan fingerprint density at radius 1 is 1.04 bits per heavy atom. The van der Waals surface area contributed by atoms with Crippen LogP contribution in [-0.2, 0) is 0 Å². The number of nitrogens with zero attached hydrogens (tertiary/aromatic N) is 3. The van der Waals surface area contributed by atoms with Crippen molar-refractivity contribution in [1.29, 1.82) is 0 Å². The van der Waals surface area contributed by atoms with E-state index in [0.29, 0.717) is 17.2 Å². The van der Waals surface area contributed by atoms with Gasteiger partial charge < -0.3 is 14.3 Å². The molecule has 130 valence electrons. The van der Waals surface area contributed by atoms with E-state index in [1.54, 1.807) is 12.1 Å². The standard InChI is InChI=1S/C19H14FN3O3/c1-10-7-12(8-11(2)16(10)24)17-22-15-9-21-19(23-18(15)26-17)25-14-5-3-13(20)4-6-14/h3-9,24H,1-2H3. The van der Waals surface area contributed by atoms with Gasteiger partial charge in [-0.05, 0) is 61.4 Å². The largest absolute Gasteiger partial charge is 0.507 e. The summed E-state index contributed by atoms with van der Waals surface area (Å²) in [5, 5.41) is 9.90. The normalized spacial score (nSPS) is 11.0. The Balaban J connectivity index is 1.68. The summed E-state index contributed by atoms with van der Waals surface area (Å²) in [5.74, 6) is 0.683. The first-order valence-electron chi connectivity index (χ1n) is 7.87. The first-order chi connectivity index (χ1) is 12.5. The highest BCUT2D eigenvalue weighted by molar-refractivity contribution is 5.72. The molecule has 2 aromatic carbocycles. The van der Waals surface area contributed by atoms with Gasteiger partial charge in [0.05, 0.1) is 6.20 Å². The van der Waals surface area contributed by atoms with E-state index >= 15 is 0 Å². The van der Waals surface area contributed by atoms with Crippen LogP contribution in [0.15, 0.2) is 47.0 Å². The predicted molar refractivity (Wildman–Crippen MR) is 92.6 cm³/mol. The molecule has 0 saturated carbocycles. The van der Waals surface area contributed by atoms with Crippen molar-refractivity contribution in [3.8, 4) is 29.0 Å². The number of aryl methyl sites for hydroxylation is 2. The number of oxazole rings is 1. The fraction of sp³-hybridized carbons (Fsp3) is 0.105. The molecule has 4 rings (SSSR count). The number of halogens is 1. The number of aromatic hydroxyl groups is 1. The molecule has 4 aromatic rings. The van der Waals surface area contributed by atoms with Crippen LogP contribution in [0.3, 0.4) is 0 Å². The third kappa shape index (κ3) is 2.95. The molecular formula is C19H14FN3O3. The van der Waals surface area contributed by atoms with E-state index in [4.69, 9.17) is 9.15 Å². The third-order valence-electron chi connectivity index (χ3n) is 3.89. The van der Waals surface area contributed by atoms with Gasteiger partial charge in [0.25, 0.3) is 5.71 Å². The quantitative estimate of drug-likeness (QED) is 0.584. The number of hydrogen-bond acceptors (Lipinski definition) is 6. The zero-order chi connectivity index (χ0) is 18.3. The van der Waals surface area contributed by atoms with E-state index in [1.807, 2.05) is 13.8 Å². The summed E-state index contributed by atoms with van der Waals surface area (Å²) in [5.41, 5.74) is 2.95. The number of aromatic nitrogens is 3. The summed E-state index contributed by atoms with van der Waals surface area (Å²) in [6.45, 7) is 3.62. The SMILES string of the molecule is Cc1cc(-c2nc3cnc(Oc4ccc(F)cc4)nc3o2)cc(C)c1O. The van der Waals surface area contributed by atoms with Gasteiger partial charge in [-0.25, -0.2) is 14.4 Å². The zero-order valence-electron chi connectivity index (χ0n) is 14.0. The van der Waals surface area contributed by atoms with E-state index in [-0.39, 0.29) is 23.3 Å². The lowest BCUT2D eigenvalue weighted by molar-refractivity contribution is 0.439. The molecule has 2 aromatic heterocycles. The highest BCUT2D eigenvalue weighted by Gasteiger charge is 2.14. The van der Waals surface area contributed by atoms with Crippen molar-refractivity contribution in [1.82, 2.24) is 15.0 Å². The second-order valence-electron chi connectivity index (χ2n) is 5.88. The summed E-state index contributed by atoms with van der Waals surface area (Å²) in [7, 11) is 0. The molecule has 0 fully saturated rings. The molecule has 0 amide bonds. The maximum atomic E-state index is 13.0. The third-order valence-corrected chi connectivity index (χ3v) is 3.89. The van der Waals surface area contributed by atoms with Crippen LogP contribution in [0.2, 0.25) is 0 Å². The minimum absolute atomic E-state index is 0.0740. The Bertz CT molecular complexity index is 1080. The minimum atomic E-state index is -0.354. The van der Waals surface area contributed by atoms with Gasteiger partial charge in [0, 0.05) is 5.56 Å². The summed E-state index contributed by atoms with van der Waals surface area (Å²) < 4.78 is 24.2. The summed E-state index contributed by atoms with van der Waals surface area (Å²) in [6.07, 6.45) is 1.49. The maximum Gasteiger partial charge on any atom is 0.325 e. The number of fused-ring (bicyclic) bond motifs is 1. The molecular weight excluding hydrogens is 337 g/mol. The molecule has 7 heteroatoms. The molecule has 0 spiro atoms. The smallest absolute Gasteiger partial charge is 0.325 e. The monoisotopic (exact) mass is 351 g/mol. The van der Waals surface area contributed by atoms with E-state index in [2.05, 4.69) is 15.0 Å². The molecule has 0 bridgehead atoms. The lowest BCUT2D eigenvalue weighted by Gasteiger charge is -2.04. The average Bonchev–Trinajstić information content (AvgIpc) is 3.04. The fourth-order valence-corrected chi connectivity index (χ4v) is 2.58. The molecule has 0 saturated heterocycles. The Hall–Kier alpha value is -3.48. The Kier molecular flexibility index (Phi) is 3.76. The molecule has 0 aliphatic carbocycles. The van der Waals surface area contributed by atoms with Crippen LogP contribution in [0.25, 0.3) is 22.7 Å². The van der Waals surface area contributed by atoms with Gasteiger partial charge in [-0.3, -0.25) is 0 Å². The van der Waals surface area contributed by atoms with Crippen LogP contribution in [-0.4, -0.2) is 20.1 Å². The zero-order valence-corrected chi connectivity index (χ0v) is 14.0. The first-order valence-corrected chi connectivity index (χ1v) is 7.87. The van der Waals surface area contributed by atoms with E-state index in [1.165, 1.54) is 30.5 Å². The van der Waals surface area contributed by atoms with Crippen molar-refractivity contribution in [2.75, 3.05) is 0 Å². The maximum absolute atomic E-state index is 13.0. The van der Waals surface area contributed by atoms with Gasteiger partial charge in [0.1, 0.15) is 22.8 Å². The number of phenols is 1. The highest BCUT2D eigenvalue weighted by Crippen LogP contribution is 2.30. The van der Waals surface area contributed by atoms with Gasteiger partial charge in [-0.1, -0.05) is 0 Å². The number of phenolic OH excluding ortho intramolecular Hbond substituents is 1. The summed E-state index contributed by atoms with van der Waals surface area (Å²) >= 11 is 0. The number of rotatable bonds is 3. The van der Waals surface area contributed by atoms with Crippen molar-refractivity contribution in [2.45, 2.75) is 13.8 Å². The molecule has 0 aliphatic rings. The van der Waals surface area contributed by atoms with Crippen LogP contribution < -0.4 is 4.74 Å². The number of benzene rings is 2. The summed E-state index contributed by atoms with van der Waals surface area (Å²) in [4.78, 5) is 12.7. The lowest BCUT2D eigenvalue weighted by Crippen LogP contribution is -1.91. The molecule has 0 unspecified atom stereocenters. The van der Waals surface area contributed by atoms with Gasteiger partial charge in [0.15, 0.2) is 0 Å². The van der Waals surface area contributed by atoms with Gasteiger partial charge >= 0.3 is 6.01 Å². The molecule has 2 heterocycles. The first kappa shape index (κ1) is 16.0. The van der Waals surface area contributed by atoms with Crippen LogP contribution in [0.4, 0.5) is 4.39 Å². The van der Waals surface area contributed by atoms with Crippen LogP contribution in [0.1, 0.15) is 11.1 Å². The number of hydrogen-bond donors (Lipinski definition) is 1. The molecule has 1 N–H and O–H groups in total. The molecule has 0 radical (unpaired) electrons. The topological polar surface area (TPSA) is 81.3 Å². The number of ether oxygens (including phenoxy) is 1. The molecule has 0 atom stereocenters. The Morgan fingerprint density at radius 2 is 1.73 bits per heavy atom. The summed E-state index contributed by atoms with van der Waals surface area (Å²) in [6, 6.07) is 9.19. The van der Waals surface area contributed by atoms with E-state index in [0.717, 1.165) is 16.7 Å². The van der Waals surface area contributed by atoms with E-state index in [9.17, 15) is 9.50 Å². The molecule has 6 nitrogen and oxygen atoms in total. The molecule has 0 aliphatic heterocycles. The van der Waals surface area contributed by atoms with Gasteiger partial charge in [0.2, 0.25) is 5.89 Å². The van der Waals surface area contributed by atoms with Crippen molar-refractivity contribution in [3.63, 3.8) is 0 Å². The predicted octanol–water partition coefficient (Wildman–Crippen LogP) is 4.54. The van der Waals surface area contributed by atoms with Gasteiger partial charge in [-0.15, -0.1) is 0 Å². The highest BCUT2D eigenvalue weighted by atomic mass is 19.1. The van der Waals surface area contributed by atoms with Crippen molar-refractivity contribution in [3.05, 3.63) is 59.5 Å². The van der Waals surface area contributed by atoms with Crippen LogP contribution in [0.5, 0.6) is 17.5 Å². The second kappa shape index (κ2) is 6.11. The van der Waals surface area contributed by atoms with Crippen molar-refractivity contribution >= 4 is 11.2 Å². The fourth-order valence-electron chi connectivity index (χ4n) is 2.58. The van der Waals surface area contributed by atoms with Gasteiger partial charge in [-0.2, -0.15) is 4.98 Å². The van der Waals surface area contributed by atoms with Crippen LogP contribution in [0, 0.1) is 19.7 Å². The lowest BCUT2D eigenvalue weighted by atomic mass is 10.1. The average molecular weight is 351 g/mol. The van der Waals surface area contributed by atoms with Crippen molar-refractivity contribution in [2.24, 2.45) is 0 Å². The second-order valence-corrected chi connectivity index (χ2v) is 5.88. The Morgan fingerprint density at radius 3 is 2.42 bits per heavy atom. The molecule has 26 heavy (non-hydrogen) atoms. The van der Waals surface area contributed by atoms with E-state index < -0.39 is 0 Å². The minimum Gasteiger partial charge on any atom is -0.507 e.